The monoisotopic (exact) mass is 218 g/mol. The molecule has 1 heterocycles. The van der Waals surface area contributed by atoms with E-state index in [9.17, 15) is 4.79 Å². The molecule has 1 unspecified atom stereocenters. The molecule has 2 rings (SSSR count). The fourth-order valence-corrected chi connectivity index (χ4v) is 2.15. The molecule has 3 nitrogen and oxygen atoms in total. The first-order valence-corrected chi connectivity index (χ1v) is 5.69. The smallest absolute Gasteiger partial charge is 0.222 e. The molecule has 0 spiro atoms. The molecule has 1 atom stereocenters. The summed E-state index contributed by atoms with van der Waals surface area (Å²) in [6.07, 6.45) is 0.877. The zero-order valence-corrected chi connectivity index (χ0v) is 9.86. The maximum Gasteiger partial charge on any atom is 0.222 e. The Kier molecular flexibility index (Phi) is 2.86. The van der Waals surface area contributed by atoms with Crippen molar-refractivity contribution in [2.75, 3.05) is 18.0 Å². The Morgan fingerprint density at radius 3 is 2.69 bits per heavy atom. The summed E-state index contributed by atoms with van der Waals surface area (Å²) in [4.78, 5) is 13.3. The highest BCUT2D eigenvalue weighted by Gasteiger charge is 2.26. The molecular formula is C13H18N2O. The molecule has 1 amide bonds. The van der Waals surface area contributed by atoms with E-state index in [0.717, 1.165) is 19.5 Å². The minimum Gasteiger partial charge on any atom is -0.371 e. The molecule has 1 aliphatic rings. The minimum absolute atomic E-state index is 0.0154. The summed E-state index contributed by atoms with van der Waals surface area (Å²) in [6.45, 7) is 5.91. The van der Waals surface area contributed by atoms with Crippen LogP contribution in [0.5, 0.6) is 0 Å². The Morgan fingerprint density at radius 2 is 2.12 bits per heavy atom. The van der Waals surface area contributed by atoms with Crippen molar-refractivity contribution in [1.29, 1.82) is 0 Å². The predicted octanol–water partition coefficient (Wildman–Crippen LogP) is 1.62. The van der Waals surface area contributed by atoms with Crippen LogP contribution in [0.2, 0.25) is 0 Å². The third-order valence-corrected chi connectivity index (χ3v) is 3.45. The van der Waals surface area contributed by atoms with E-state index in [-0.39, 0.29) is 11.8 Å². The Hall–Kier alpha value is -1.51. The highest BCUT2D eigenvalue weighted by molar-refractivity contribution is 5.78. The van der Waals surface area contributed by atoms with E-state index in [0.29, 0.717) is 0 Å². The first-order chi connectivity index (χ1) is 7.58. The number of primary amides is 1. The van der Waals surface area contributed by atoms with E-state index in [1.807, 2.05) is 0 Å². The van der Waals surface area contributed by atoms with Crippen LogP contribution in [0.1, 0.15) is 17.5 Å². The number of benzene rings is 1. The predicted molar refractivity (Wildman–Crippen MR) is 65.4 cm³/mol. The summed E-state index contributed by atoms with van der Waals surface area (Å²) in [5.41, 5.74) is 9.12. The minimum atomic E-state index is -0.175. The summed E-state index contributed by atoms with van der Waals surface area (Å²) in [5.74, 6) is -0.159. The van der Waals surface area contributed by atoms with Crippen LogP contribution in [0.3, 0.4) is 0 Å². The van der Waals surface area contributed by atoms with Crippen LogP contribution in [0.25, 0.3) is 0 Å². The van der Waals surface area contributed by atoms with Gasteiger partial charge in [-0.05, 0) is 43.5 Å². The molecule has 1 aromatic carbocycles. The lowest BCUT2D eigenvalue weighted by atomic mass is 10.1. The third kappa shape index (κ3) is 2.03. The average molecular weight is 218 g/mol. The van der Waals surface area contributed by atoms with E-state index in [4.69, 9.17) is 5.73 Å². The Bertz CT molecular complexity index is 414. The Balaban J connectivity index is 2.14. The zero-order valence-electron chi connectivity index (χ0n) is 9.86. The molecule has 0 bridgehead atoms. The van der Waals surface area contributed by atoms with Crippen LogP contribution >= 0.6 is 0 Å². The summed E-state index contributed by atoms with van der Waals surface area (Å²) in [7, 11) is 0. The summed E-state index contributed by atoms with van der Waals surface area (Å²) < 4.78 is 0. The quantitative estimate of drug-likeness (QED) is 0.819. The van der Waals surface area contributed by atoms with Gasteiger partial charge in [-0.25, -0.2) is 0 Å². The third-order valence-electron chi connectivity index (χ3n) is 3.45. The van der Waals surface area contributed by atoms with E-state index < -0.39 is 0 Å². The van der Waals surface area contributed by atoms with Crippen molar-refractivity contribution < 1.29 is 4.79 Å². The highest BCUT2D eigenvalue weighted by atomic mass is 16.1. The Labute approximate surface area is 96.2 Å². The molecule has 16 heavy (non-hydrogen) atoms. The van der Waals surface area contributed by atoms with Gasteiger partial charge >= 0.3 is 0 Å². The van der Waals surface area contributed by atoms with Crippen molar-refractivity contribution in [1.82, 2.24) is 0 Å². The number of carbonyl (C=O) groups is 1. The van der Waals surface area contributed by atoms with Gasteiger partial charge in [-0.3, -0.25) is 4.79 Å². The van der Waals surface area contributed by atoms with Gasteiger partial charge in [0.1, 0.15) is 0 Å². The summed E-state index contributed by atoms with van der Waals surface area (Å²) >= 11 is 0. The second kappa shape index (κ2) is 4.16. The average Bonchev–Trinajstić information content (AvgIpc) is 2.71. The number of nitrogens with two attached hydrogens (primary N) is 1. The number of rotatable bonds is 2. The van der Waals surface area contributed by atoms with Gasteiger partial charge in [-0.15, -0.1) is 0 Å². The molecule has 86 valence electrons. The second-order valence-electron chi connectivity index (χ2n) is 4.60. The molecule has 0 radical (unpaired) electrons. The fourth-order valence-electron chi connectivity index (χ4n) is 2.15. The van der Waals surface area contributed by atoms with Crippen LogP contribution in [0, 0.1) is 19.8 Å². The van der Waals surface area contributed by atoms with Gasteiger partial charge in [-0.2, -0.15) is 0 Å². The standard InChI is InChI=1S/C13H18N2O/c1-9-3-4-12(7-10(9)2)15-6-5-11(8-15)13(14)16/h3-4,7,11H,5-6,8H2,1-2H3,(H2,14,16). The van der Waals surface area contributed by atoms with Crippen LogP contribution in [0.4, 0.5) is 5.69 Å². The van der Waals surface area contributed by atoms with E-state index in [1.54, 1.807) is 0 Å². The molecular weight excluding hydrogens is 200 g/mol. The largest absolute Gasteiger partial charge is 0.371 e. The van der Waals surface area contributed by atoms with Gasteiger partial charge < -0.3 is 10.6 Å². The second-order valence-corrected chi connectivity index (χ2v) is 4.60. The lowest BCUT2D eigenvalue weighted by Gasteiger charge is -2.19. The molecule has 1 fully saturated rings. The first kappa shape index (κ1) is 11.0. The molecule has 0 aromatic heterocycles. The summed E-state index contributed by atoms with van der Waals surface area (Å²) in [6, 6.07) is 6.42. The number of nitrogens with zero attached hydrogens (tertiary/aromatic N) is 1. The molecule has 1 saturated heterocycles. The van der Waals surface area contributed by atoms with Crippen molar-refractivity contribution in [3.63, 3.8) is 0 Å². The number of hydrogen-bond acceptors (Lipinski definition) is 2. The lowest BCUT2D eigenvalue weighted by Crippen LogP contribution is -2.27. The lowest BCUT2D eigenvalue weighted by molar-refractivity contribution is -0.121. The van der Waals surface area contributed by atoms with Crippen molar-refractivity contribution >= 4 is 11.6 Å². The van der Waals surface area contributed by atoms with Crippen LogP contribution in [-0.4, -0.2) is 19.0 Å². The number of amides is 1. The van der Waals surface area contributed by atoms with E-state index in [2.05, 4.69) is 36.9 Å². The molecule has 2 N–H and O–H groups in total. The maximum absolute atomic E-state index is 11.1. The van der Waals surface area contributed by atoms with E-state index >= 15 is 0 Å². The first-order valence-electron chi connectivity index (χ1n) is 5.69. The molecule has 3 heteroatoms. The number of aryl methyl sites for hydroxylation is 2. The van der Waals surface area contributed by atoms with Gasteiger partial charge in [0.15, 0.2) is 0 Å². The van der Waals surface area contributed by atoms with E-state index in [1.165, 1.54) is 16.8 Å². The van der Waals surface area contributed by atoms with Gasteiger partial charge in [0.25, 0.3) is 0 Å². The zero-order chi connectivity index (χ0) is 11.7. The van der Waals surface area contributed by atoms with Crippen molar-refractivity contribution in [2.45, 2.75) is 20.3 Å². The van der Waals surface area contributed by atoms with Crippen LogP contribution in [0.15, 0.2) is 18.2 Å². The molecule has 1 aromatic rings. The van der Waals surface area contributed by atoms with Crippen molar-refractivity contribution in [3.8, 4) is 0 Å². The number of carbonyl (C=O) groups excluding carboxylic acids is 1. The van der Waals surface area contributed by atoms with Gasteiger partial charge in [0.05, 0.1) is 5.92 Å². The van der Waals surface area contributed by atoms with Gasteiger partial charge in [0.2, 0.25) is 5.91 Å². The topological polar surface area (TPSA) is 46.3 Å². The van der Waals surface area contributed by atoms with Crippen molar-refractivity contribution in [2.24, 2.45) is 11.7 Å². The molecule has 0 saturated carbocycles. The molecule has 0 aliphatic carbocycles. The Morgan fingerprint density at radius 1 is 1.38 bits per heavy atom. The maximum atomic E-state index is 11.1. The normalized spacial score (nSPS) is 20.1. The van der Waals surface area contributed by atoms with Gasteiger partial charge in [-0.1, -0.05) is 6.07 Å². The number of anilines is 1. The molecule has 1 aliphatic heterocycles. The van der Waals surface area contributed by atoms with Crippen molar-refractivity contribution in [3.05, 3.63) is 29.3 Å². The fraction of sp³-hybridized carbons (Fsp3) is 0.462. The van der Waals surface area contributed by atoms with Crippen LogP contribution < -0.4 is 10.6 Å². The highest BCUT2D eigenvalue weighted by Crippen LogP contribution is 2.25. The number of hydrogen-bond donors (Lipinski definition) is 1. The SMILES string of the molecule is Cc1ccc(N2CCC(C(N)=O)C2)cc1C. The van der Waals surface area contributed by atoms with Gasteiger partial charge in [0, 0.05) is 18.8 Å². The summed E-state index contributed by atoms with van der Waals surface area (Å²) in [5, 5.41) is 0. The van der Waals surface area contributed by atoms with Crippen LogP contribution in [-0.2, 0) is 4.79 Å².